The highest BCUT2D eigenvalue weighted by atomic mass is 32.1. The second kappa shape index (κ2) is 3.94. The van der Waals surface area contributed by atoms with Crippen molar-refractivity contribution in [3.63, 3.8) is 0 Å². The van der Waals surface area contributed by atoms with E-state index in [0.29, 0.717) is 6.04 Å². The number of nitrogen functional groups attached to an aromatic ring is 1. The highest BCUT2D eigenvalue weighted by Gasteiger charge is 2.09. The number of hydrogen-bond donors (Lipinski definition) is 2. The molecule has 0 bridgehead atoms. The van der Waals surface area contributed by atoms with Gasteiger partial charge in [-0.25, -0.2) is 0 Å². The van der Waals surface area contributed by atoms with Gasteiger partial charge in [-0.3, -0.25) is 0 Å². The first kappa shape index (κ1) is 8.78. The molecule has 0 saturated carbocycles. The lowest BCUT2D eigenvalue weighted by Gasteiger charge is -2.10. The quantitative estimate of drug-likeness (QED) is 0.723. The Bertz CT molecular complexity index is 296. The van der Waals surface area contributed by atoms with E-state index in [0.717, 1.165) is 25.1 Å². The van der Waals surface area contributed by atoms with Gasteiger partial charge in [0.2, 0.25) is 0 Å². The fourth-order valence-corrected chi connectivity index (χ4v) is 2.26. The van der Waals surface area contributed by atoms with Gasteiger partial charge in [0.15, 0.2) is 0 Å². The van der Waals surface area contributed by atoms with Gasteiger partial charge in [-0.2, -0.15) is 0 Å². The predicted molar refractivity (Wildman–Crippen MR) is 57.7 cm³/mol. The zero-order chi connectivity index (χ0) is 9.10. The van der Waals surface area contributed by atoms with E-state index < -0.39 is 0 Å². The lowest BCUT2D eigenvalue weighted by Crippen LogP contribution is -2.25. The standard InChI is InChI=1S/C10H14N2S/c11-9-5-6-13-10(9)7-12-8-3-1-2-4-8/h1-2,5-6,8,12H,3-4,7,11H2. The topological polar surface area (TPSA) is 38.0 Å². The minimum atomic E-state index is 0.626. The maximum Gasteiger partial charge on any atom is 0.0468 e. The lowest BCUT2D eigenvalue weighted by atomic mass is 10.2. The van der Waals surface area contributed by atoms with Crippen molar-refractivity contribution in [2.75, 3.05) is 5.73 Å². The van der Waals surface area contributed by atoms with E-state index >= 15 is 0 Å². The van der Waals surface area contributed by atoms with E-state index in [1.54, 1.807) is 11.3 Å². The Kier molecular flexibility index (Phi) is 2.66. The van der Waals surface area contributed by atoms with Crippen LogP contribution in [0, 0.1) is 0 Å². The monoisotopic (exact) mass is 194 g/mol. The molecule has 0 aliphatic heterocycles. The molecule has 0 unspecified atom stereocenters. The van der Waals surface area contributed by atoms with Crippen LogP contribution in [0.2, 0.25) is 0 Å². The number of hydrogen-bond acceptors (Lipinski definition) is 3. The smallest absolute Gasteiger partial charge is 0.0468 e. The van der Waals surface area contributed by atoms with Crippen molar-refractivity contribution in [2.45, 2.75) is 25.4 Å². The molecule has 0 saturated heterocycles. The summed E-state index contributed by atoms with van der Waals surface area (Å²) in [7, 11) is 0. The zero-order valence-corrected chi connectivity index (χ0v) is 8.31. The summed E-state index contributed by atoms with van der Waals surface area (Å²) in [5.74, 6) is 0. The Balaban J connectivity index is 1.82. The molecular formula is C10H14N2S. The molecule has 1 aliphatic rings. The normalized spacial score (nSPS) is 16.9. The van der Waals surface area contributed by atoms with Crippen molar-refractivity contribution in [1.29, 1.82) is 0 Å². The average Bonchev–Trinajstić information content (AvgIpc) is 2.72. The molecule has 1 aliphatic carbocycles. The molecule has 70 valence electrons. The zero-order valence-electron chi connectivity index (χ0n) is 7.49. The van der Waals surface area contributed by atoms with Gasteiger partial charge >= 0.3 is 0 Å². The predicted octanol–water partition coefficient (Wildman–Crippen LogP) is 2.14. The Labute approximate surface area is 82.5 Å². The molecule has 1 aromatic heterocycles. The maximum absolute atomic E-state index is 5.78. The molecule has 3 heteroatoms. The van der Waals surface area contributed by atoms with Crippen LogP contribution in [0.4, 0.5) is 5.69 Å². The van der Waals surface area contributed by atoms with E-state index in [9.17, 15) is 0 Å². The van der Waals surface area contributed by atoms with Gasteiger partial charge in [-0.1, -0.05) is 12.2 Å². The van der Waals surface area contributed by atoms with Crippen LogP contribution in [0.5, 0.6) is 0 Å². The molecule has 1 aromatic rings. The van der Waals surface area contributed by atoms with Crippen LogP contribution in [-0.2, 0) is 6.54 Å². The summed E-state index contributed by atoms with van der Waals surface area (Å²) >= 11 is 1.73. The van der Waals surface area contributed by atoms with Crippen LogP contribution in [0.3, 0.4) is 0 Å². The van der Waals surface area contributed by atoms with E-state index in [4.69, 9.17) is 5.73 Å². The maximum atomic E-state index is 5.78. The van der Waals surface area contributed by atoms with Gasteiger partial charge < -0.3 is 11.1 Å². The molecule has 2 rings (SSSR count). The van der Waals surface area contributed by atoms with E-state index in [-0.39, 0.29) is 0 Å². The second-order valence-corrected chi connectivity index (χ2v) is 4.32. The van der Waals surface area contributed by atoms with E-state index in [2.05, 4.69) is 17.5 Å². The van der Waals surface area contributed by atoms with Gasteiger partial charge in [0, 0.05) is 23.2 Å². The fraction of sp³-hybridized carbons (Fsp3) is 0.400. The summed E-state index contributed by atoms with van der Waals surface area (Å²) in [6.07, 6.45) is 6.78. The van der Waals surface area contributed by atoms with Crippen LogP contribution in [0.25, 0.3) is 0 Å². The van der Waals surface area contributed by atoms with Crippen LogP contribution >= 0.6 is 11.3 Å². The lowest BCUT2D eigenvalue weighted by molar-refractivity contribution is 0.542. The van der Waals surface area contributed by atoms with Gasteiger partial charge in [0.05, 0.1) is 0 Å². The van der Waals surface area contributed by atoms with E-state index in [1.807, 2.05) is 11.4 Å². The van der Waals surface area contributed by atoms with E-state index in [1.165, 1.54) is 4.88 Å². The molecule has 0 atom stereocenters. The number of nitrogens with one attached hydrogen (secondary N) is 1. The Hall–Kier alpha value is -0.800. The number of anilines is 1. The van der Waals surface area contributed by atoms with Crippen molar-refractivity contribution in [1.82, 2.24) is 5.32 Å². The minimum Gasteiger partial charge on any atom is -0.398 e. The first-order chi connectivity index (χ1) is 6.36. The number of nitrogens with two attached hydrogens (primary N) is 1. The fourth-order valence-electron chi connectivity index (χ4n) is 1.52. The average molecular weight is 194 g/mol. The molecule has 3 N–H and O–H groups in total. The first-order valence-corrected chi connectivity index (χ1v) is 5.44. The highest BCUT2D eigenvalue weighted by molar-refractivity contribution is 7.10. The third-order valence-electron chi connectivity index (χ3n) is 2.34. The largest absolute Gasteiger partial charge is 0.398 e. The van der Waals surface area contributed by atoms with Gasteiger partial charge in [-0.05, 0) is 24.3 Å². The summed E-state index contributed by atoms with van der Waals surface area (Å²) in [5, 5.41) is 5.53. The number of rotatable bonds is 3. The molecule has 0 radical (unpaired) electrons. The van der Waals surface area contributed by atoms with Crippen molar-refractivity contribution < 1.29 is 0 Å². The van der Waals surface area contributed by atoms with Gasteiger partial charge in [0.1, 0.15) is 0 Å². The summed E-state index contributed by atoms with van der Waals surface area (Å²) in [5.41, 5.74) is 6.70. The third-order valence-corrected chi connectivity index (χ3v) is 3.28. The first-order valence-electron chi connectivity index (χ1n) is 4.56. The van der Waals surface area contributed by atoms with Crippen LogP contribution < -0.4 is 11.1 Å². The van der Waals surface area contributed by atoms with Crippen molar-refractivity contribution >= 4 is 17.0 Å². The molecule has 0 fully saturated rings. The second-order valence-electron chi connectivity index (χ2n) is 3.32. The van der Waals surface area contributed by atoms with Crippen LogP contribution in [0.1, 0.15) is 17.7 Å². The molecule has 0 spiro atoms. The summed E-state index contributed by atoms with van der Waals surface area (Å²) in [6.45, 7) is 0.913. The molecule has 2 nitrogen and oxygen atoms in total. The minimum absolute atomic E-state index is 0.626. The molecule has 0 amide bonds. The third kappa shape index (κ3) is 2.11. The highest BCUT2D eigenvalue weighted by Crippen LogP contribution is 2.19. The van der Waals surface area contributed by atoms with Crippen LogP contribution in [-0.4, -0.2) is 6.04 Å². The molecule has 1 heterocycles. The van der Waals surface area contributed by atoms with Crippen LogP contribution in [0.15, 0.2) is 23.6 Å². The van der Waals surface area contributed by atoms with Crippen molar-refractivity contribution in [3.05, 3.63) is 28.5 Å². The van der Waals surface area contributed by atoms with Crippen molar-refractivity contribution in [2.24, 2.45) is 0 Å². The Morgan fingerprint density at radius 1 is 1.46 bits per heavy atom. The molecular weight excluding hydrogens is 180 g/mol. The number of thiophene rings is 1. The van der Waals surface area contributed by atoms with Gasteiger partial charge in [-0.15, -0.1) is 11.3 Å². The Morgan fingerprint density at radius 2 is 2.23 bits per heavy atom. The summed E-state index contributed by atoms with van der Waals surface area (Å²) < 4.78 is 0. The molecule has 13 heavy (non-hydrogen) atoms. The SMILES string of the molecule is Nc1ccsc1CNC1CC=CC1. The molecule has 0 aromatic carbocycles. The van der Waals surface area contributed by atoms with Gasteiger partial charge in [0.25, 0.3) is 0 Å². The summed E-state index contributed by atoms with van der Waals surface area (Å²) in [6, 6.07) is 2.59. The summed E-state index contributed by atoms with van der Waals surface area (Å²) in [4.78, 5) is 1.26. The Morgan fingerprint density at radius 3 is 2.85 bits per heavy atom. The van der Waals surface area contributed by atoms with Crippen molar-refractivity contribution in [3.8, 4) is 0 Å².